The molecule has 3 amide bonds. The summed E-state index contributed by atoms with van der Waals surface area (Å²) in [6, 6.07) is 13.4. The molecule has 3 fully saturated rings. The number of halogens is 1. The van der Waals surface area contributed by atoms with Crippen LogP contribution in [0.1, 0.15) is 19.8 Å². The highest BCUT2D eigenvalue weighted by molar-refractivity contribution is 9.09. The first-order chi connectivity index (χ1) is 19.9. The second-order valence-corrected chi connectivity index (χ2v) is 11.7. The van der Waals surface area contributed by atoms with Crippen molar-refractivity contribution in [2.45, 2.75) is 49.0 Å². The Balaban J connectivity index is 1.26. The quantitative estimate of drug-likeness (QED) is 0.288. The summed E-state index contributed by atoms with van der Waals surface area (Å²) in [5.74, 6) is -2.04. The first kappa shape index (κ1) is 27.6. The van der Waals surface area contributed by atoms with Gasteiger partial charge in [0.15, 0.2) is 0 Å². The van der Waals surface area contributed by atoms with Crippen molar-refractivity contribution in [2.75, 3.05) is 25.1 Å². The molecule has 1 aromatic heterocycles. The third-order valence-corrected chi connectivity index (χ3v) is 9.00. The SMILES string of the molecule is CCOc1ccc(NC(=O)[C@H]2[C@@H]3OC4(CC3Br)C(C(=O)NCn3nnc5ccccc53)N(CCCO)C(=O)[C@H]24)cc1. The lowest BCUT2D eigenvalue weighted by Gasteiger charge is -2.34. The van der Waals surface area contributed by atoms with E-state index >= 15 is 0 Å². The van der Waals surface area contributed by atoms with E-state index in [0.717, 1.165) is 5.52 Å². The molecular formula is C28H31BrN6O6. The number of ether oxygens (including phenoxy) is 2. The van der Waals surface area contributed by atoms with Crippen molar-refractivity contribution in [1.82, 2.24) is 25.2 Å². The molecule has 1 spiro atoms. The molecule has 3 saturated heterocycles. The largest absolute Gasteiger partial charge is 0.494 e. The number of amides is 3. The fraction of sp³-hybridized carbons (Fsp3) is 0.464. The zero-order valence-corrected chi connectivity index (χ0v) is 24.0. The van der Waals surface area contributed by atoms with Gasteiger partial charge in [0, 0.05) is 23.7 Å². The van der Waals surface area contributed by atoms with E-state index in [-0.39, 0.29) is 42.9 Å². The van der Waals surface area contributed by atoms with Crippen LogP contribution in [0.15, 0.2) is 48.5 Å². The van der Waals surface area contributed by atoms with Gasteiger partial charge < -0.3 is 30.1 Å². The van der Waals surface area contributed by atoms with Crippen LogP contribution < -0.4 is 15.4 Å². The van der Waals surface area contributed by atoms with Crippen LogP contribution >= 0.6 is 15.9 Å². The standard InChI is InChI=1S/C28H31BrN6O6/c1-2-40-17-10-8-16(9-11-17)31-25(37)21-22-27(39)34(12-5-13-36)24(28(22)14-18(29)23(21)41-28)26(38)30-15-35-20-7-4-3-6-19(20)32-33-35/h3-4,6-11,18,21-24,36H,2,5,12-15H2,1H3,(H,30,38)(H,31,37)/t18?,21-,22+,23-,24?,28?/m1/s1. The fourth-order valence-corrected chi connectivity index (χ4v) is 7.46. The molecule has 216 valence electrons. The number of likely N-dealkylation sites (tertiary alicyclic amines) is 1. The Labute approximate surface area is 244 Å². The average molecular weight is 627 g/mol. The highest BCUT2D eigenvalue weighted by Crippen LogP contribution is 2.60. The topological polar surface area (TPSA) is 148 Å². The van der Waals surface area contributed by atoms with Crippen LogP contribution in [0.25, 0.3) is 11.0 Å². The van der Waals surface area contributed by atoms with E-state index < -0.39 is 35.5 Å². The maximum atomic E-state index is 13.9. The van der Waals surface area contributed by atoms with Crippen LogP contribution in [0.5, 0.6) is 5.75 Å². The predicted octanol–water partition coefficient (Wildman–Crippen LogP) is 1.67. The van der Waals surface area contributed by atoms with Crippen molar-refractivity contribution in [3.8, 4) is 5.75 Å². The molecule has 6 atom stereocenters. The summed E-state index contributed by atoms with van der Waals surface area (Å²) in [5, 5.41) is 23.6. The van der Waals surface area contributed by atoms with Crippen molar-refractivity contribution in [3.05, 3.63) is 48.5 Å². The van der Waals surface area contributed by atoms with Crippen molar-refractivity contribution in [1.29, 1.82) is 0 Å². The second-order valence-electron chi connectivity index (χ2n) is 10.5. The Morgan fingerprint density at radius 2 is 1.98 bits per heavy atom. The van der Waals surface area contributed by atoms with Gasteiger partial charge in [0.25, 0.3) is 0 Å². The number of rotatable bonds is 10. The van der Waals surface area contributed by atoms with Gasteiger partial charge in [0.05, 0.1) is 30.1 Å². The van der Waals surface area contributed by atoms with E-state index in [4.69, 9.17) is 9.47 Å². The van der Waals surface area contributed by atoms with Crippen molar-refractivity contribution < 1.29 is 29.0 Å². The van der Waals surface area contributed by atoms with Gasteiger partial charge in [-0.25, -0.2) is 4.68 Å². The molecule has 3 N–H and O–H groups in total. The number of alkyl halides is 1. The van der Waals surface area contributed by atoms with Gasteiger partial charge in [-0.2, -0.15) is 0 Å². The molecule has 0 saturated carbocycles. The molecule has 6 rings (SSSR count). The van der Waals surface area contributed by atoms with Gasteiger partial charge in [0.1, 0.15) is 29.6 Å². The van der Waals surface area contributed by atoms with E-state index in [2.05, 4.69) is 36.9 Å². The van der Waals surface area contributed by atoms with Gasteiger partial charge >= 0.3 is 0 Å². The number of benzene rings is 2. The molecule has 3 aliphatic rings. The van der Waals surface area contributed by atoms with Gasteiger partial charge in [-0.15, -0.1) is 5.10 Å². The lowest BCUT2D eigenvalue weighted by atomic mass is 9.70. The van der Waals surface area contributed by atoms with Gasteiger partial charge in [0.2, 0.25) is 17.7 Å². The summed E-state index contributed by atoms with van der Waals surface area (Å²) in [5.41, 5.74) is 0.828. The van der Waals surface area contributed by atoms with Crippen molar-refractivity contribution >= 4 is 50.4 Å². The molecular weight excluding hydrogens is 596 g/mol. The number of anilines is 1. The molecule has 12 nitrogen and oxygen atoms in total. The smallest absolute Gasteiger partial charge is 0.247 e. The van der Waals surface area contributed by atoms with E-state index in [9.17, 15) is 19.5 Å². The Kier molecular flexibility index (Phi) is 7.43. The minimum Gasteiger partial charge on any atom is -0.494 e. The Hall–Kier alpha value is -3.55. The molecule has 2 bridgehead atoms. The summed E-state index contributed by atoms with van der Waals surface area (Å²) in [6.07, 6.45) is 0.0955. The second kappa shape index (κ2) is 11.0. The number of aromatic nitrogens is 3. The lowest BCUT2D eigenvalue weighted by Crippen LogP contribution is -2.56. The number of para-hydroxylation sites is 1. The number of fused-ring (bicyclic) bond motifs is 2. The molecule has 2 aromatic carbocycles. The molecule has 3 aromatic rings. The highest BCUT2D eigenvalue weighted by atomic mass is 79.9. The zero-order chi connectivity index (χ0) is 28.7. The third-order valence-electron chi connectivity index (χ3n) is 8.15. The minimum atomic E-state index is -1.19. The van der Waals surface area contributed by atoms with E-state index in [1.54, 1.807) is 28.9 Å². The number of nitrogens with zero attached hydrogens (tertiary/aromatic N) is 4. The molecule has 3 unspecified atom stereocenters. The molecule has 41 heavy (non-hydrogen) atoms. The van der Waals surface area contributed by atoms with Crippen molar-refractivity contribution in [3.63, 3.8) is 0 Å². The molecule has 0 aliphatic carbocycles. The molecule has 3 aliphatic heterocycles. The highest BCUT2D eigenvalue weighted by Gasteiger charge is 2.76. The normalized spacial score (nSPS) is 28.2. The van der Waals surface area contributed by atoms with Crippen molar-refractivity contribution in [2.24, 2.45) is 11.8 Å². The van der Waals surface area contributed by atoms with Gasteiger partial charge in [-0.05, 0) is 56.2 Å². The van der Waals surface area contributed by atoms with Crippen LogP contribution in [0.4, 0.5) is 5.69 Å². The van der Waals surface area contributed by atoms with Gasteiger partial charge in [-0.3, -0.25) is 14.4 Å². The van der Waals surface area contributed by atoms with E-state index in [1.807, 2.05) is 31.2 Å². The summed E-state index contributed by atoms with van der Waals surface area (Å²) < 4.78 is 13.5. The Morgan fingerprint density at radius 3 is 2.73 bits per heavy atom. The fourth-order valence-electron chi connectivity index (χ4n) is 6.52. The molecule has 4 heterocycles. The number of carbonyl (C=O) groups excluding carboxylic acids is 3. The summed E-state index contributed by atoms with van der Waals surface area (Å²) in [4.78, 5) is 42.7. The molecule has 0 radical (unpaired) electrons. The summed E-state index contributed by atoms with van der Waals surface area (Å²) in [7, 11) is 0. The van der Waals surface area contributed by atoms with Crippen LogP contribution in [-0.2, 0) is 25.8 Å². The Bertz CT molecular complexity index is 1470. The molecule has 13 heteroatoms. The monoisotopic (exact) mass is 626 g/mol. The van der Waals surface area contributed by atoms with Gasteiger partial charge in [-0.1, -0.05) is 33.3 Å². The average Bonchev–Trinajstić information content (AvgIpc) is 3.69. The third kappa shape index (κ3) is 4.65. The zero-order valence-electron chi connectivity index (χ0n) is 22.4. The number of aliphatic hydroxyl groups excluding tert-OH is 1. The lowest BCUT2D eigenvalue weighted by molar-refractivity contribution is -0.141. The predicted molar refractivity (Wildman–Crippen MR) is 151 cm³/mol. The van der Waals surface area contributed by atoms with E-state index in [0.29, 0.717) is 30.0 Å². The number of carbonyl (C=O) groups is 3. The first-order valence-corrected chi connectivity index (χ1v) is 14.6. The first-order valence-electron chi connectivity index (χ1n) is 13.7. The maximum absolute atomic E-state index is 13.9. The number of hydrogen-bond donors (Lipinski definition) is 3. The maximum Gasteiger partial charge on any atom is 0.247 e. The van der Waals surface area contributed by atoms with E-state index in [1.165, 1.54) is 4.90 Å². The number of aliphatic hydroxyl groups is 1. The minimum absolute atomic E-state index is 0.0431. The van der Waals surface area contributed by atoms with Crippen LogP contribution in [0.3, 0.4) is 0 Å². The number of hydrogen-bond acceptors (Lipinski definition) is 8. The van der Waals surface area contributed by atoms with Crippen LogP contribution in [-0.4, -0.2) is 85.1 Å². The summed E-state index contributed by atoms with van der Waals surface area (Å²) >= 11 is 3.67. The van der Waals surface area contributed by atoms with Crippen LogP contribution in [0, 0.1) is 11.8 Å². The van der Waals surface area contributed by atoms with Crippen LogP contribution in [0.2, 0.25) is 0 Å². The number of nitrogens with one attached hydrogen (secondary N) is 2. The Morgan fingerprint density at radius 1 is 1.20 bits per heavy atom. The summed E-state index contributed by atoms with van der Waals surface area (Å²) in [6.45, 7) is 2.48.